The van der Waals surface area contributed by atoms with E-state index in [1.807, 2.05) is 12.1 Å². The summed E-state index contributed by atoms with van der Waals surface area (Å²) < 4.78 is 11.4. The topological polar surface area (TPSA) is 54.9 Å². The summed E-state index contributed by atoms with van der Waals surface area (Å²) in [6, 6.07) is 4.30. The molecule has 1 aliphatic heterocycles. The van der Waals surface area contributed by atoms with Crippen LogP contribution in [0.5, 0.6) is 11.5 Å². The molecular weight excluding hydrogens is 326 g/mol. The van der Waals surface area contributed by atoms with E-state index in [1.165, 1.54) is 0 Å². The van der Waals surface area contributed by atoms with E-state index in [2.05, 4.69) is 34.7 Å². The van der Waals surface area contributed by atoms with Gasteiger partial charge in [0.25, 0.3) is 0 Å². The van der Waals surface area contributed by atoms with Crippen LogP contribution in [0.4, 0.5) is 0 Å². The summed E-state index contributed by atoms with van der Waals surface area (Å²) in [6.45, 7) is 4.71. The van der Waals surface area contributed by atoms with Crippen molar-refractivity contribution in [3.63, 3.8) is 0 Å². The first-order valence-electron chi connectivity index (χ1n) is 8.54. The highest BCUT2D eigenvalue weighted by Crippen LogP contribution is 2.38. The molecule has 0 aromatic heterocycles. The number of rotatable bonds is 4. The van der Waals surface area contributed by atoms with Gasteiger partial charge in [-0.1, -0.05) is 23.8 Å². The Hall–Kier alpha value is -1.88. The predicted octanol–water partition coefficient (Wildman–Crippen LogP) is 3.28. The standard InChI is InChI=1S/C18H24ClN3O2/c1-2-20-18(22-14-6-3-4-7-14)21-12-13-10-15(19)17-16(11-13)23-8-5-9-24-17/h3-4,10-11,14H,2,5-9,12H2,1H3,(H2,20,21,22). The summed E-state index contributed by atoms with van der Waals surface area (Å²) in [6.07, 6.45) is 7.35. The van der Waals surface area contributed by atoms with Crippen LogP contribution in [0.25, 0.3) is 0 Å². The summed E-state index contributed by atoms with van der Waals surface area (Å²) in [7, 11) is 0. The molecule has 0 fully saturated rings. The largest absolute Gasteiger partial charge is 0.489 e. The van der Waals surface area contributed by atoms with Crippen molar-refractivity contribution in [3.8, 4) is 11.5 Å². The second kappa shape index (κ2) is 8.29. The van der Waals surface area contributed by atoms with Crippen LogP contribution in [0.15, 0.2) is 29.3 Å². The molecule has 0 amide bonds. The average Bonchev–Trinajstić information content (AvgIpc) is 2.96. The van der Waals surface area contributed by atoms with Crippen LogP contribution in [0.3, 0.4) is 0 Å². The van der Waals surface area contributed by atoms with E-state index in [9.17, 15) is 0 Å². The van der Waals surface area contributed by atoms with E-state index >= 15 is 0 Å². The number of halogens is 1. The summed E-state index contributed by atoms with van der Waals surface area (Å²) in [5.41, 5.74) is 1.01. The van der Waals surface area contributed by atoms with Crippen LogP contribution in [0.2, 0.25) is 5.02 Å². The molecule has 0 spiro atoms. The zero-order chi connectivity index (χ0) is 16.8. The van der Waals surface area contributed by atoms with Gasteiger partial charge >= 0.3 is 0 Å². The number of fused-ring (bicyclic) bond motifs is 1. The minimum Gasteiger partial charge on any atom is -0.489 e. The van der Waals surface area contributed by atoms with Gasteiger partial charge in [0.05, 0.1) is 24.8 Å². The monoisotopic (exact) mass is 349 g/mol. The van der Waals surface area contributed by atoms with E-state index in [1.54, 1.807) is 0 Å². The van der Waals surface area contributed by atoms with Gasteiger partial charge in [0, 0.05) is 19.0 Å². The highest BCUT2D eigenvalue weighted by Gasteiger charge is 2.16. The Labute approximate surface area is 148 Å². The molecule has 0 bridgehead atoms. The fraction of sp³-hybridized carbons (Fsp3) is 0.500. The number of guanidine groups is 1. The molecule has 5 nitrogen and oxygen atoms in total. The lowest BCUT2D eigenvalue weighted by atomic mass is 10.2. The van der Waals surface area contributed by atoms with E-state index in [0.717, 1.165) is 37.3 Å². The third-order valence-electron chi connectivity index (χ3n) is 3.97. The number of benzene rings is 1. The number of nitrogens with one attached hydrogen (secondary N) is 2. The van der Waals surface area contributed by atoms with Gasteiger partial charge in [0.1, 0.15) is 0 Å². The number of ether oxygens (including phenoxy) is 2. The fourth-order valence-electron chi connectivity index (χ4n) is 2.79. The van der Waals surface area contributed by atoms with Crippen molar-refractivity contribution in [2.45, 2.75) is 38.8 Å². The van der Waals surface area contributed by atoms with E-state index in [0.29, 0.717) is 42.3 Å². The number of hydrogen-bond donors (Lipinski definition) is 2. The third kappa shape index (κ3) is 4.35. The molecule has 1 aromatic carbocycles. The normalized spacial score (nSPS) is 17.7. The molecule has 0 saturated carbocycles. The number of nitrogens with zero attached hydrogens (tertiary/aromatic N) is 1. The Morgan fingerprint density at radius 3 is 2.83 bits per heavy atom. The number of aliphatic imine (C=N–C) groups is 1. The third-order valence-corrected chi connectivity index (χ3v) is 4.26. The van der Waals surface area contributed by atoms with Gasteiger partial charge in [-0.3, -0.25) is 0 Å². The maximum absolute atomic E-state index is 6.34. The van der Waals surface area contributed by atoms with Gasteiger partial charge in [-0.15, -0.1) is 0 Å². The van der Waals surface area contributed by atoms with Crippen LogP contribution >= 0.6 is 11.6 Å². The van der Waals surface area contributed by atoms with Gasteiger partial charge in [-0.05, 0) is 37.5 Å². The van der Waals surface area contributed by atoms with Crippen molar-refractivity contribution in [1.29, 1.82) is 0 Å². The van der Waals surface area contributed by atoms with Crippen LogP contribution in [-0.2, 0) is 6.54 Å². The molecule has 0 atom stereocenters. The molecule has 0 unspecified atom stereocenters. The maximum Gasteiger partial charge on any atom is 0.191 e. The van der Waals surface area contributed by atoms with Gasteiger partial charge in [-0.2, -0.15) is 0 Å². The van der Waals surface area contributed by atoms with Crippen molar-refractivity contribution in [3.05, 3.63) is 34.9 Å². The highest BCUT2D eigenvalue weighted by molar-refractivity contribution is 6.32. The van der Waals surface area contributed by atoms with Crippen molar-refractivity contribution in [1.82, 2.24) is 10.6 Å². The quantitative estimate of drug-likeness (QED) is 0.497. The molecule has 3 rings (SSSR count). The summed E-state index contributed by atoms with van der Waals surface area (Å²) in [4.78, 5) is 4.67. The number of hydrogen-bond acceptors (Lipinski definition) is 3. The lowest BCUT2D eigenvalue weighted by Gasteiger charge is -2.17. The maximum atomic E-state index is 6.34. The van der Waals surface area contributed by atoms with E-state index in [4.69, 9.17) is 21.1 Å². The van der Waals surface area contributed by atoms with Crippen LogP contribution in [-0.4, -0.2) is 31.8 Å². The molecule has 1 aromatic rings. The molecule has 2 aliphatic rings. The molecule has 1 heterocycles. The van der Waals surface area contributed by atoms with Gasteiger partial charge in [-0.25, -0.2) is 4.99 Å². The molecule has 1 aliphatic carbocycles. The van der Waals surface area contributed by atoms with Crippen molar-refractivity contribution in [2.24, 2.45) is 4.99 Å². The van der Waals surface area contributed by atoms with Crippen molar-refractivity contribution >= 4 is 17.6 Å². The lowest BCUT2D eigenvalue weighted by Crippen LogP contribution is -2.42. The highest BCUT2D eigenvalue weighted by atomic mass is 35.5. The Bertz CT molecular complexity index is 623. The van der Waals surface area contributed by atoms with E-state index in [-0.39, 0.29) is 0 Å². The Balaban J connectivity index is 1.71. The Morgan fingerprint density at radius 2 is 2.04 bits per heavy atom. The zero-order valence-electron chi connectivity index (χ0n) is 14.0. The Kier molecular flexibility index (Phi) is 5.86. The average molecular weight is 350 g/mol. The predicted molar refractivity (Wildman–Crippen MR) is 97.2 cm³/mol. The zero-order valence-corrected chi connectivity index (χ0v) is 14.7. The van der Waals surface area contributed by atoms with E-state index < -0.39 is 0 Å². The first-order valence-corrected chi connectivity index (χ1v) is 8.92. The Morgan fingerprint density at radius 1 is 1.25 bits per heavy atom. The molecule has 0 radical (unpaired) electrons. The molecular formula is C18H24ClN3O2. The molecule has 24 heavy (non-hydrogen) atoms. The van der Waals surface area contributed by atoms with Gasteiger partial charge in [0.15, 0.2) is 17.5 Å². The SMILES string of the molecule is CCNC(=NCc1cc(Cl)c2c(c1)OCCCO2)NC1CC=CC1. The lowest BCUT2D eigenvalue weighted by molar-refractivity contribution is 0.297. The fourth-order valence-corrected chi connectivity index (χ4v) is 3.08. The molecule has 2 N–H and O–H groups in total. The van der Waals surface area contributed by atoms with Gasteiger partial charge < -0.3 is 20.1 Å². The van der Waals surface area contributed by atoms with Crippen LogP contribution in [0, 0.1) is 0 Å². The molecule has 0 saturated heterocycles. The van der Waals surface area contributed by atoms with Crippen molar-refractivity contribution < 1.29 is 9.47 Å². The van der Waals surface area contributed by atoms with Gasteiger partial charge in [0.2, 0.25) is 0 Å². The first kappa shape index (κ1) is 17.0. The van der Waals surface area contributed by atoms with Crippen LogP contribution < -0.4 is 20.1 Å². The summed E-state index contributed by atoms with van der Waals surface area (Å²) in [5.74, 6) is 2.18. The first-order chi connectivity index (χ1) is 11.8. The second-order valence-electron chi connectivity index (χ2n) is 5.93. The molecule has 130 valence electrons. The smallest absolute Gasteiger partial charge is 0.191 e. The molecule has 6 heteroatoms. The summed E-state index contributed by atoms with van der Waals surface area (Å²) >= 11 is 6.34. The minimum atomic E-state index is 0.426. The van der Waals surface area contributed by atoms with Crippen LogP contribution in [0.1, 0.15) is 31.7 Å². The van der Waals surface area contributed by atoms with Crippen molar-refractivity contribution in [2.75, 3.05) is 19.8 Å². The second-order valence-corrected chi connectivity index (χ2v) is 6.34. The minimum absolute atomic E-state index is 0.426. The summed E-state index contributed by atoms with van der Waals surface area (Å²) in [5, 5.41) is 7.33.